The van der Waals surface area contributed by atoms with Crippen LogP contribution >= 0.6 is 15.9 Å². The summed E-state index contributed by atoms with van der Waals surface area (Å²) in [5.41, 5.74) is 7.52. The number of hydrogen-bond donors (Lipinski definition) is 1. The van der Waals surface area contributed by atoms with Gasteiger partial charge in [0, 0.05) is 22.1 Å². The molecule has 19 heavy (non-hydrogen) atoms. The van der Waals surface area contributed by atoms with E-state index in [1.165, 1.54) is 0 Å². The predicted octanol–water partition coefficient (Wildman–Crippen LogP) is 3.93. The average molecular weight is 324 g/mol. The number of nitrogens with two attached hydrogens (primary N) is 1. The highest BCUT2D eigenvalue weighted by Gasteiger charge is 2.08. The quantitative estimate of drug-likeness (QED) is 0.925. The first-order valence-electron chi connectivity index (χ1n) is 5.97. The van der Waals surface area contributed by atoms with Gasteiger partial charge in [-0.3, -0.25) is 0 Å². The standard InChI is InChI=1S/C15H15BrFNO/c1-10-5-6-13(16)7-14(10)19-9-12-4-2-3-11(8-18)15(12)17/h2-7H,8-9,18H2,1H3. The van der Waals surface area contributed by atoms with Crippen molar-refractivity contribution in [3.63, 3.8) is 0 Å². The van der Waals surface area contributed by atoms with Crippen LogP contribution in [-0.4, -0.2) is 0 Å². The van der Waals surface area contributed by atoms with Gasteiger partial charge in [0.05, 0.1) is 0 Å². The summed E-state index contributed by atoms with van der Waals surface area (Å²) < 4.78 is 20.6. The van der Waals surface area contributed by atoms with Crippen LogP contribution in [0.15, 0.2) is 40.9 Å². The second-order valence-corrected chi connectivity index (χ2v) is 5.21. The van der Waals surface area contributed by atoms with Gasteiger partial charge in [-0.25, -0.2) is 4.39 Å². The van der Waals surface area contributed by atoms with E-state index < -0.39 is 0 Å². The molecule has 0 saturated heterocycles. The third kappa shape index (κ3) is 3.33. The first-order valence-corrected chi connectivity index (χ1v) is 6.76. The minimum absolute atomic E-state index is 0.190. The lowest BCUT2D eigenvalue weighted by molar-refractivity contribution is 0.297. The van der Waals surface area contributed by atoms with Gasteiger partial charge in [0.15, 0.2) is 0 Å². The van der Waals surface area contributed by atoms with Crippen LogP contribution in [0.3, 0.4) is 0 Å². The molecular weight excluding hydrogens is 309 g/mol. The van der Waals surface area contributed by atoms with Gasteiger partial charge in [0.25, 0.3) is 0 Å². The van der Waals surface area contributed by atoms with E-state index in [2.05, 4.69) is 15.9 Å². The topological polar surface area (TPSA) is 35.2 Å². The molecule has 2 nitrogen and oxygen atoms in total. The molecule has 2 aromatic rings. The highest BCUT2D eigenvalue weighted by Crippen LogP contribution is 2.24. The first-order chi connectivity index (χ1) is 9.11. The molecule has 0 spiro atoms. The molecule has 0 aromatic heterocycles. The number of ether oxygens (including phenoxy) is 1. The Labute approximate surface area is 120 Å². The maximum atomic E-state index is 14.0. The van der Waals surface area contributed by atoms with Crippen molar-refractivity contribution in [1.29, 1.82) is 0 Å². The van der Waals surface area contributed by atoms with Gasteiger partial charge >= 0.3 is 0 Å². The number of aryl methyl sites for hydroxylation is 1. The molecule has 0 aliphatic rings. The van der Waals surface area contributed by atoms with E-state index in [9.17, 15) is 4.39 Å². The lowest BCUT2D eigenvalue weighted by Gasteiger charge is -2.11. The fraction of sp³-hybridized carbons (Fsp3) is 0.200. The molecule has 0 amide bonds. The minimum atomic E-state index is -0.280. The zero-order valence-corrected chi connectivity index (χ0v) is 12.2. The summed E-state index contributed by atoms with van der Waals surface area (Å²) in [6.07, 6.45) is 0. The average Bonchev–Trinajstić information content (AvgIpc) is 2.41. The number of rotatable bonds is 4. The summed E-state index contributed by atoms with van der Waals surface area (Å²) in [4.78, 5) is 0. The third-order valence-corrected chi connectivity index (χ3v) is 3.41. The molecule has 2 aromatic carbocycles. The van der Waals surface area contributed by atoms with Crippen molar-refractivity contribution < 1.29 is 9.13 Å². The minimum Gasteiger partial charge on any atom is -0.488 e. The van der Waals surface area contributed by atoms with Crippen LogP contribution in [0.1, 0.15) is 16.7 Å². The Morgan fingerprint density at radius 1 is 1.21 bits per heavy atom. The maximum Gasteiger partial charge on any atom is 0.134 e. The van der Waals surface area contributed by atoms with Crippen LogP contribution < -0.4 is 10.5 Å². The normalized spacial score (nSPS) is 10.5. The van der Waals surface area contributed by atoms with Crippen molar-refractivity contribution in [3.05, 3.63) is 63.4 Å². The lowest BCUT2D eigenvalue weighted by Crippen LogP contribution is -2.05. The zero-order chi connectivity index (χ0) is 13.8. The van der Waals surface area contributed by atoms with E-state index in [4.69, 9.17) is 10.5 Å². The maximum absolute atomic E-state index is 14.0. The summed E-state index contributed by atoms with van der Waals surface area (Å²) >= 11 is 3.39. The molecule has 0 saturated carbocycles. The van der Waals surface area contributed by atoms with E-state index >= 15 is 0 Å². The van der Waals surface area contributed by atoms with E-state index in [-0.39, 0.29) is 19.0 Å². The molecule has 0 bridgehead atoms. The fourth-order valence-corrected chi connectivity index (χ4v) is 2.13. The van der Waals surface area contributed by atoms with Gasteiger partial charge in [-0.2, -0.15) is 0 Å². The molecule has 0 atom stereocenters. The lowest BCUT2D eigenvalue weighted by atomic mass is 10.1. The zero-order valence-electron chi connectivity index (χ0n) is 10.6. The molecule has 4 heteroatoms. The Morgan fingerprint density at radius 2 is 1.95 bits per heavy atom. The van der Waals surface area contributed by atoms with Crippen molar-refractivity contribution >= 4 is 15.9 Å². The second-order valence-electron chi connectivity index (χ2n) is 4.29. The van der Waals surface area contributed by atoms with Gasteiger partial charge in [-0.15, -0.1) is 0 Å². The third-order valence-electron chi connectivity index (χ3n) is 2.91. The van der Waals surface area contributed by atoms with Crippen LogP contribution in [-0.2, 0) is 13.2 Å². The Balaban J connectivity index is 2.17. The van der Waals surface area contributed by atoms with Crippen molar-refractivity contribution in [2.45, 2.75) is 20.1 Å². The largest absolute Gasteiger partial charge is 0.488 e. The Kier molecular flexibility index (Phi) is 4.56. The van der Waals surface area contributed by atoms with Crippen LogP contribution in [0.5, 0.6) is 5.75 Å². The highest BCUT2D eigenvalue weighted by atomic mass is 79.9. The smallest absolute Gasteiger partial charge is 0.134 e. The van der Waals surface area contributed by atoms with Crippen LogP contribution in [0.4, 0.5) is 4.39 Å². The number of benzene rings is 2. The van der Waals surface area contributed by atoms with Crippen molar-refractivity contribution in [1.82, 2.24) is 0 Å². The molecule has 0 fully saturated rings. The van der Waals surface area contributed by atoms with Crippen molar-refractivity contribution in [2.24, 2.45) is 5.73 Å². The SMILES string of the molecule is Cc1ccc(Br)cc1OCc1cccc(CN)c1F. The predicted molar refractivity (Wildman–Crippen MR) is 77.5 cm³/mol. The Bertz CT molecular complexity index is 586. The van der Waals surface area contributed by atoms with Crippen LogP contribution in [0, 0.1) is 12.7 Å². The molecule has 100 valence electrons. The van der Waals surface area contributed by atoms with E-state index in [1.54, 1.807) is 18.2 Å². The molecule has 0 aliphatic heterocycles. The molecule has 0 heterocycles. The molecule has 0 unspecified atom stereocenters. The first kappa shape index (κ1) is 14.0. The monoisotopic (exact) mass is 323 g/mol. The Hall–Kier alpha value is -1.39. The van der Waals surface area contributed by atoms with Gasteiger partial charge in [-0.05, 0) is 24.6 Å². The fourth-order valence-electron chi connectivity index (χ4n) is 1.79. The van der Waals surface area contributed by atoms with Crippen molar-refractivity contribution in [2.75, 3.05) is 0 Å². The summed E-state index contributed by atoms with van der Waals surface area (Å²) in [5, 5.41) is 0. The Morgan fingerprint density at radius 3 is 2.68 bits per heavy atom. The van der Waals surface area contributed by atoms with Crippen LogP contribution in [0.25, 0.3) is 0 Å². The molecule has 2 rings (SSSR count). The summed E-state index contributed by atoms with van der Waals surface area (Å²) in [5.74, 6) is 0.463. The second kappa shape index (κ2) is 6.17. The van der Waals surface area contributed by atoms with E-state index in [0.29, 0.717) is 11.1 Å². The summed E-state index contributed by atoms with van der Waals surface area (Å²) in [6.45, 7) is 2.33. The van der Waals surface area contributed by atoms with Gasteiger partial charge < -0.3 is 10.5 Å². The van der Waals surface area contributed by atoms with Gasteiger partial charge in [0.1, 0.15) is 18.2 Å². The van der Waals surface area contributed by atoms with E-state index in [0.717, 1.165) is 15.8 Å². The number of hydrogen-bond acceptors (Lipinski definition) is 2. The number of halogens is 2. The molecule has 0 radical (unpaired) electrons. The molecular formula is C15H15BrFNO. The highest BCUT2D eigenvalue weighted by molar-refractivity contribution is 9.10. The van der Waals surface area contributed by atoms with Crippen molar-refractivity contribution in [3.8, 4) is 5.75 Å². The summed E-state index contributed by atoms with van der Waals surface area (Å²) in [7, 11) is 0. The molecule has 0 aliphatic carbocycles. The molecule has 2 N–H and O–H groups in total. The van der Waals surface area contributed by atoms with Gasteiger partial charge in [0.2, 0.25) is 0 Å². The van der Waals surface area contributed by atoms with E-state index in [1.807, 2.05) is 25.1 Å². The summed E-state index contributed by atoms with van der Waals surface area (Å²) in [6, 6.07) is 11.0. The van der Waals surface area contributed by atoms with Gasteiger partial charge in [-0.1, -0.05) is 40.2 Å². The van der Waals surface area contributed by atoms with Crippen LogP contribution in [0.2, 0.25) is 0 Å².